The number of para-hydroxylation sites is 3. The van der Waals surface area contributed by atoms with Crippen molar-refractivity contribution in [3.8, 4) is 5.75 Å². The van der Waals surface area contributed by atoms with Gasteiger partial charge in [0.05, 0.1) is 23.7 Å². The lowest BCUT2D eigenvalue weighted by molar-refractivity contribution is -0.124. The molecule has 3 amide bonds. The number of carbonyl (C=O) groups excluding carboxylic acids is 3. The van der Waals surface area contributed by atoms with Crippen molar-refractivity contribution in [1.29, 1.82) is 0 Å². The molecule has 2 aliphatic rings. The quantitative estimate of drug-likeness (QED) is 0.561. The molecule has 35 heavy (non-hydrogen) atoms. The molecule has 178 valence electrons. The van der Waals surface area contributed by atoms with Crippen LogP contribution in [0, 0.1) is 6.92 Å². The van der Waals surface area contributed by atoms with Gasteiger partial charge in [0.1, 0.15) is 12.3 Å². The molecule has 1 atom stereocenters. The maximum absolute atomic E-state index is 14.0. The molecular formula is C27H25N3O4S. The number of benzene rings is 3. The summed E-state index contributed by atoms with van der Waals surface area (Å²) in [4.78, 5) is 42.0. The number of hydrogen-bond acceptors (Lipinski definition) is 5. The number of anilines is 3. The highest BCUT2D eigenvalue weighted by atomic mass is 32.2. The summed E-state index contributed by atoms with van der Waals surface area (Å²) in [5.74, 6) is -0.0539. The van der Waals surface area contributed by atoms with Crippen molar-refractivity contribution >= 4 is 46.5 Å². The number of carbonyl (C=O) groups is 3. The van der Waals surface area contributed by atoms with E-state index < -0.39 is 4.87 Å². The fourth-order valence-electron chi connectivity index (χ4n) is 4.59. The first-order valence-corrected chi connectivity index (χ1v) is 12.4. The fourth-order valence-corrected chi connectivity index (χ4v) is 5.95. The number of aryl methyl sites for hydroxylation is 1. The second-order valence-corrected chi connectivity index (χ2v) is 9.55. The van der Waals surface area contributed by atoms with Crippen LogP contribution in [0.2, 0.25) is 0 Å². The molecule has 0 aliphatic carbocycles. The van der Waals surface area contributed by atoms with E-state index in [1.807, 2.05) is 74.5 Å². The molecule has 1 N–H and O–H groups in total. The van der Waals surface area contributed by atoms with Crippen molar-refractivity contribution < 1.29 is 19.1 Å². The summed E-state index contributed by atoms with van der Waals surface area (Å²) in [5, 5.41) is 2.87. The second-order valence-electron chi connectivity index (χ2n) is 8.38. The maximum atomic E-state index is 14.0. The second kappa shape index (κ2) is 9.11. The van der Waals surface area contributed by atoms with Crippen LogP contribution in [0.1, 0.15) is 18.1 Å². The minimum absolute atomic E-state index is 0.140. The van der Waals surface area contributed by atoms with E-state index in [0.717, 1.165) is 5.56 Å². The van der Waals surface area contributed by atoms with Crippen LogP contribution < -0.4 is 19.9 Å². The molecule has 1 spiro atoms. The van der Waals surface area contributed by atoms with E-state index in [1.54, 1.807) is 17.0 Å². The summed E-state index contributed by atoms with van der Waals surface area (Å²) >= 11 is 1.30. The zero-order valence-corrected chi connectivity index (χ0v) is 20.3. The number of amides is 3. The highest BCUT2D eigenvalue weighted by Gasteiger charge is 2.61. The highest BCUT2D eigenvalue weighted by Crippen LogP contribution is 2.55. The molecule has 7 nitrogen and oxygen atoms in total. The van der Waals surface area contributed by atoms with E-state index in [9.17, 15) is 14.4 Å². The number of rotatable bonds is 6. The van der Waals surface area contributed by atoms with Gasteiger partial charge in [-0.3, -0.25) is 24.2 Å². The van der Waals surface area contributed by atoms with Crippen LogP contribution in [-0.2, 0) is 19.3 Å². The van der Waals surface area contributed by atoms with Gasteiger partial charge in [0, 0.05) is 11.3 Å². The predicted octanol–water partition coefficient (Wildman–Crippen LogP) is 4.31. The Hall–Kier alpha value is -3.78. The van der Waals surface area contributed by atoms with Crippen LogP contribution >= 0.6 is 11.8 Å². The highest BCUT2D eigenvalue weighted by molar-refractivity contribution is 8.02. The van der Waals surface area contributed by atoms with Crippen molar-refractivity contribution in [2.75, 3.05) is 34.0 Å². The zero-order valence-electron chi connectivity index (χ0n) is 19.5. The molecule has 1 saturated heterocycles. The first-order valence-electron chi connectivity index (χ1n) is 11.4. The van der Waals surface area contributed by atoms with Gasteiger partial charge >= 0.3 is 0 Å². The Kier molecular flexibility index (Phi) is 5.98. The minimum Gasteiger partial charge on any atom is -0.492 e. The molecule has 3 aromatic rings. The van der Waals surface area contributed by atoms with Crippen LogP contribution in [0.25, 0.3) is 0 Å². The maximum Gasteiger partial charge on any atom is 0.269 e. The van der Waals surface area contributed by atoms with Gasteiger partial charge in [-0.25, -0.2) is 0 Å². The third kappa shape index (κ3) is 3.83. The van der Waals surface area contributed by atoms with Crippen molar-refractivity contribution in [3.63, 3.8) is 0 Å². The molecule has 5 rings (SSSR count). The largest absolute Gasteiger partial charge is 0.492 e. The van der Waals surface area contributed by atoms with Gasteiger partial charge in [-0.2, -0.15) is 0 Å². The van der Waals surface area contributed by atoms with E-state index in [-0.39, 0.29) is 30.0 Å². The minimum atomic E-state index is -1.24. The predicted molar refractivity (Wildman–Crippen MR) is 138 cm³/mol. The molecule has 2 heterocycles. The average Bonchev–Trinajstić information content (AvgIpc) is 3.32. The van der Waals surface area contributed by atoms with Crippen molar-refractivity contribution in [2.24, 2.45) is 0 Å². The van der Waals surface area contributed by atoms with E-state index in [0.29, 0.717) is 35.0 Å². The van der Waals surface area contributed by atoms with Crippen LogP contribution in [0.5, 0.6) is 5.75 Å². The molecule has 1 fully saturated rings. The Labute approximate surface area is 208 Å². The van der Waals surface area contributed by atoms with Crippen molar-refractivity contribution in [1.82, 2.24) is 0 Å². The normalized spacial score (nSPS) is 18.8. The molecule has 8 heteroatoms. The summed E-state index contributed by atoms with van der Waals surface area (Å²) in [6, 6.07) is 22.1. The number of thioether (sulfide) groups is 1. The molecule has 3 aromatic carbocycles. The van der Waals surface area contributed by atoms with Crippen LogP contribution in [0.3, 0.4) is 0 Å². The smallest absolute Gasteiger partial charge is 0.269 e. The lowest BCUT2D eigenvalue weighted by Gasteiger charge is -2.33. The lowest BCUT2D eigenvalue weighted by Crippen LogP contribution is -2.50. The SMILES string of the molecule is CCOc1ccccc1NC(=O)CN1C(=O)C2(SCC(=O)N2c2ccc(C)cc2)c2ccccc21. The molecule has 0 aromatic heterocycles. The Morgan fingerprint density at radius 3 is 2.51 bits per heavy atom. The van der Waals surface area contributed by atoms with E-state index in [2.05, 4.69) is 5.32 Å². The summed E-state index contributed by atoms with van der Waals surface area (Å²) in [6.45, 7) is 4.13. The number of fused-ring (bicyclic) bond motifs is 2. The number of ether oxygens (including phenoxy) is 1. The standard InChI is InChI=1S/C27H25N3O4S/c1-3-34-23-11-7-5-9-21(23)28-24(31)16-29-22-10-6-4-8-20(22)27(26(29)33)30(25(32)17-35-27)19-14-12-18(2)13-15-19/h4-15H,3,16-17H2,1-2H3,(H,28,31). The first-order chi connectivity index (χ1) is 17.0. The molecule has 0 radical (unpaired) electrons. The summed E-state index contributed by atoms with van der Waals surface area (Å²) in [7, 11) is 0. The van der Waals surface area contributed by atoms with Crippen molar-refractivity contribution in [3.05, 3.63) is 83.9 Å². The molecule has 0 saturated carbocycles. The van der Waals surface area contributed by atoms with Gasteiger partial charge < -0.3 is 10.1 Å². The van der Waals surface area contributed by atoms with Gasteiger partial charge in [-0.05, 0) is 44.2 Å². The summed E-state index contributed by atoms with van der Waals surface area (Å²) in [5.41, 5.74) is 3.60. The topological polar surface area (TPSA) is 79.0 Å². The van der Waals surface area contributed by atoms with Gasteiger partial charge in [0.25, 0.3) is 5.91 Å². The monoisotopic (exact) mass is 487 g/mol. The molecule has 1 unspecified atom stereocenters. The Morgan fingerprint density at radius 1 is 1.03 bits per heavy atom. The van der Waals surface area contributed by atoms with Gasteiger partial charge in [-0.1, -0.05) is 48.0 Å². The third-order valence-corrected chi connectivity index (χ3v) is 7.50. The average molecular weight is 488 g/mol. The third-order valence-electron chi connectivity index (χ3n) is 6.12. The Balaban J connectivity index is 1.49. The van der Waals surface area contributed by atoms with Gasteiger partial charge in [0.2, 0.25) is 16.7 Å². The number of nitrogens with one attached hydrogen (secondary N) is 1. The van der Waals surface area contributed by atoms with E-state index >= 15 is 0 Å². The van der Waals surface area contributed by atoms with Crippen molar-refractivity contribution in [2.45, 2.75) is 18.7 Å². The first kappa shape index (κ1) is 23.0. The molecule has 0 bridgehead atoms. The number of hydrogen-bond donors (Lipinski definition) is 1. The fraction of sp³-hybridized carbons (Fsp3) is 0.222. The van der Waals surface area contributed by atoms with Crippen LogP contribution in [0.15, 0.2) is 72.8 Å². The van der Waals surface area contributed by atoms with E-state index in [1.165, 1.54) is 16.7 Å². The van der Waals surface area contributed by atoms with E-state index in [4.69, 9.17) is 4.74 Å². The van der Waals surface area contributed by atoms with Crippen LogP contribution in [-0.4, -0.2) is 36.6 Å². The Bertz CT molecular complexity index is 1310. The van der Waals surface area contributed by atoms with Crippen LogP contribution in [0.4, 0.5) is 17.1 Å². The summed E-state index contributed by atoms with van der Waals surface area (Å²) in [6.07, 6.45) is 0. The van der Waals surface area contributed by atoms with Gasteiger partial charge in [0.15, 0.2) is 0 Å². The summed E-state index contributed by atoms with van der Waals surface area (Å²) < 4.78 is 5.60. The lowest BCUT2D eigenvalue weighted by atomic mass is 10.0. The zero-order chi connectivity index (χ0) is 24.6. The Morgan fingerprint density at radius 2 is 1.74 bits per heavy atom. The molecular weight excluding hydrogens is 462 g/mol. The number of nitrogens with zero attached hydrogens (tertiary/aromatic N) is 2. The van der Waals surface area contributed by atoms with Gasteiger partial charge in [-0.15, -0.1) is 11.8 Å². The molecule has 2 aliphatic heterocycles.